The van der Waals surface area contributed by atoms with Gasteiger partial charge in [0.25, 0.3) is 0 Å². The van der Waals surface area contributed by atoms with E-state index in [1.54, 1.807) is 6.07 Å². The van der Waals surface area contributed by atoms with Crippen LogP contribution in [0.5, 0.6) is 5.75 Å². The van der Waals surface area contributed by atoms with Gasteiger partial charge in [-0.25, -0.2) is 4.79 Å². The molecule has 0 saturated heterocycles. The van der Waals surface area contributed by atoms with E-state index in [1.165, 1.54) is 0 Å². The van der Waals surface area contributed by atoms with Crippen LogP contribution in [0.4, 0.5) is 0 Å². The van der Waals surface area contributed by atoms with Crippen molar-refractivity contribution in [1.82, 2.24) is 0 Å². The normalized spacial score (nSPS) is 10.4. The molecule has 0 radical (unpaired) electrons. The highest BCUT2D eigenvalue weighted by atomic mass is 16.5. The summed E-state index contributed by atoms with van der Waals surface area (Å²) in [5, 5.41) is 8.45. The maximum atomic E-state index is 10.3. The van der Waals surface area contributed by atoms with E-state index in [2.05, 4.69) is 0 Å². The van der Waals surface area contributed by atoms with Crippen molar-refractivity contribution in [3.63, 3.8) is 0 Å². The molecular formula is C11H12O3. The molecule has 0 spiro atoms. The second-order valence-electron chi connectivity index (χ2n) is 2.72. The number of para-hydroxylation sites is 1. The van der Waals surface area contributed by atoms with Crippen molar-refractivity contribution in [3.8, 4) is 5.75 Å². The van der Waals surface area contributed by atoms with E-state index in [1.807, 2.05) is 37.3 Å². The monoisotopic (exact) mass is 192 g/mol. The van der Waals surface area contributed by atoms with E-state index in [0.717, 1.165) is 5.56 Å². The molecule has 1 aromatic rings. The maximum Gasteiger partial charge on any atom is 0.341 e. The third-order valence-electron chi connectivity index (χ3n) is 1.62. The first-order valence-electron chi connectivity index (χ1n) is 4.30. The summed E-state index contributed by atoms with van der Waals surface area (Å²) in [5.74, 6) is -0.381. The molecule has 3 heteroatoms. The quantitative estimate of drug-likeness (QED) is 0.795. The highest BCUT2D eigenvalue weighted by Crippen LogP contribution is 2.19. The van der Waals surface area contributed by atoms with Crippen LogP contribution in [0.25, 0.3) is 6.08 Å². The first kappa shape index (κ1) is 10.3. The summed E-state index contributed by atoms with van der Waals surface area (Å²) >= 11 is 0. The van der Waals surface area contributed by atoms with E-state index in [9.17, 15) is 4.79 Å². The Kier molecular flexibility index (Phi) is 3.73. The van der Waals surface area contributed by atoms with E-state index < -0.39 is 5.97 Å². The van der Waals surface area contributed by atoms with Gasteiger partial charge in [-0.05, 0) is 13.0 Å². The van der Waals surface area contributed by atoms with E-state index in [0.29, 0.717) is 5.75 Å². The van der Waals surface area contributed by atoms with Crippen LogP contribution in [-0.2, 0) is 4.79 Å². The Labute approximate surface area is 82.6 Å². The third-order valence-corrected chi connectivity index (χ3v) is 1.62. The first-order valence-corrected chi connectivity index (χ1v) is 4.30. The summed E-state index contributed by atoms with van der Waals surface area (Å²) in [5.41, 5.74) is 0.885. The summed E-state index contributed by atoms with van der Waals surface area (Å²) in [6.45, 7) is 1.59. The lowest BCUT2D eigenvalue weighted by atomic mass is 10.2. The molecule has 0 aliphatic rings. The molecule has 0 saturated carbocycles. The standard InChI is InChI=1S/C11H12O3/c1-2-5-9-6-3-4-7-10(9)14-8-11(12)13/h2-7H,8H2,1H3,(H,12,13). The SMILES string of the molecule is CC=Cc1ccccc1OCC(=O)O. The van der Waals surface area contributed by atoms with E-state index in [4.69, 9.17) is 9.84 Å². The minimum Gasteiger partial charge on any atom is -0.481 e. The van der Waals surface area contributed by atoms with Gasteiger partial charge in [-0.15, -0.1) is 0 Å². The predicted molar refractivity (Wildman–Crippen MR) is 54.3 cm³/mol. The van der Waals surface area contributed by atoms with Crippen LogP contribution < -0.4 is 4.74 Å². The summed E-state index contributed by atoms with van der Waals surface area (Å²) in [6.07, 6.45) is 3.75. The molecular weight excluding hydrogens is 180 g/mol. The molecule has 0 aliphatic heterocycles. The summed E-state index contributed by atoms with van der Waals surface area (Å²) in [7, 11) is 0. The smallest absolute Gasteiger partial charge is 0.341 e. The molecule has 0 aliphatic carbocycles. The summed E-state index contributed by atoms with van der Waals surface area (Å²) in [6, 6.07) is 7.31. The van der Waals surface area contributed by atoms with Gasteiger partial charge >= 0.3 is 5.97 Å². The number of benzene rings is 1. The van der Waals surface area contributed by atoms with Gasteiger partial charge in [0, 0.05) is 5.56 Å². The number of rotatable bonds is 4. The fourth-order valence-electron chi connectivity index (χ4n) is 1.07. The summed E-state index contributed by atoms with van der Waals surface area (Å²) in [4.78, 5) is 10.3. The molecule has 0 amide bonds. The highest BCUT2D eigenvalue weighted by molar-refractivity contribution is 5.69. The number of hydrogen-bond donors (Lipinski definition) is 1. The van der Waals surface area contributed by atoms with Gasteiger partial charge in [-0.2, -0.15) is 0 Å². The Bertz CT molecular complexity index is 342. The fraction of sp³-hybridized carbons (Fsp3) is 0.182. The number of allylic oxidation sites excluding steroid dienone is 1. The number of carbonyl (C=O) groups is 1. The van der Waals surface area contributed by atoms with Crippen molar-refractivity contribution >= 4 is 12.0 Å². The van der Waals surface area contributed by atoms with Gasteiger partial charge in [0.1, 0.15) is 5.75 Å². The van der Waals surface area contributed by atoms with E-state index >= 15 is 0 Å². The molecule has 14 heavy (non-hydrogen) atoms. The van der Waals surface area contributed by atoms with E-state index in [-0.39, 0.29) is 6.61 Å². The van der Waals surface area contributed by atoms with Gasteiger partial charge in [-0.1, -0.05) is 30.4 Å². The number of aliphatic carboxylic acids is 1. The lowest BCUT2D eigenvalue weighted by Crippen LogP contribution is -2.09. The van der Waals surface area contributed by atoms with Gasteiger partial charge in [-0.3, -0.25) is 0 Å². The van der Waals surface area contributed by atoms with Crippen molar-refractivity contribution in [2.45, 2.75) is 6.92 Å². The molecule has 74 valence electrons. The molecule has 1 rings (SSSR count). The van der Waals surface area contributed by atoms with Crippen LogP contribution >= 0.6 is 0 Å². The number of carboxylic acid groups (broad SMARTS) is 1. The average molecular weight is 192 g/mol. The molecule has 0 bridgehead atoms. The lowest BCUT2D eigenvalue weighted by Gasteiger charge is -2.05. The molecule has 3 nitrogen and oxygen atoms in total. The van der Waals surface area contributed by atoms with Crippen molar-refractivity contribution < 1.29 is 14.6 Å². The number of hydrogen-bond acceptors (Lipinski definition) is 2. The molecule has 0 fully saturated rings. The Balaban J connectivity index is 2.79. The lowest BCUT2D eigenvalue weighted by molar-refractivity contribution is -0.139. The first-order chi connectivity index (χ1) is 6.74. The number of ether oxygens (including phenoxy) is 1. The topological polar surface area (TPSA) is 46.5 Å². The maximum absolute atomic E-state index is 10.3. The molecule has 0 heterocycles. The van der Waals surface area contributed by atoms with Crippen LogP contribution in [0, 0.1) is 0 Å². The Morgan fingerprint density at radius 2 is 2.21 bits per heavy atom. The zero-order valence-electron chi connectivity index (χ0n) is 7.93. The minimum absolute atomic E-state index is 0.311. The molecule has 0 unspecified atom stereocenters. The van der Waals surface area contributed by atoms with Crippen LogP contribution in [-0.4, -0.2) is 17.7 Å². The Morgan fingerprint density at radius 3 is 2.86 bits per heavy atom. The largest absolute Gasteiger partial charge is 0.481 e. The van der Waals surface area contributed by atoms with Gasteiger partial charge in [0.15, 0.2) is 6.61 Å². The summed E-state index contributed by atoms with van der Waals surface area (Å²) < 4.78 is 5.10. The van der Waals surface area contributed by atoms with Crippen LogP contribution in [0.15, 0.2) is 30.3 Å². The van der Waals surface area contributed by atoms with Gasteiger partial charge < -0.3 is 9.84 Å². The number of carboxylic acids is 1. The third kappa shape index (κ3) is 2.94. The second-order valence-corrected chi connectivity index (χ2v) is 2.72. The van der Waals surface area contributed by atoms with Crippen molar-refractivity contribution in [2.24, 2.45) is 0 Å². The molecule has 0 atom stereocenters. The molecule has 0 aromatic heterocycles. The Morgan fingerprint density at radius 1 is 1.50 bits per heavy atom. The van der Waals surface area contributed by atoms with Gasteiger partial charge in [0.05, 0.1) is 0 Å². The Hall–Kier alpha value is -1.77. The van der Waals surface area contributed by atoms with Gasteiger partial charge in [0.2, 0.25) is 0 Å². The van der Waals surface area contributed by atoms with Crippen LogP contribution in [0.2, 0.25) is 0 Å². The molecule has 1 aromatic carbocycles. The van der Waals surface area contributed by atoms with Crippen molar-refractivity contribution in [1.29, 1.82) is 0 Å². The minimum atomic E-state index is -0.972. The highest BCUT2D eigenvalue weighted by Gasteiger charge is 2.01. The van der Waals surface area contributed by atoms with Crippen molar-refractivity contribution in [3.05, 3.63) is 35.9 Å². The van der Waals surface area contributed by atoms with Crippen molar-refractivity contribution in [2.75, 3.05) is 6.61 Å². The van der Waals surface area contributed by atoms with Crippen LogP contribution in [0.3, 0.4) is 0 Å². The average Bonchev–Trinajstić information content (AvgIpc) is 2.17. The zero-order chi connectivity index (χ0) is 10.4. The fourth-order valence-corrected chi connectivity index (χ4v) is 1.07. The zero-order valence-corrected chi connectivity index (χ0v) is 7.93. The predicted octanol–water partition coefficient (Wildman–Crippen LogP) is 2.18. The second kappa shape index (κ2) is 5.07. The molecule has 1 N–H and O–H groups in total. The van der Waals surface area contributed by atoms with Crippen LogP contribution in [0.1, 0.15) is 12.5 Å².